The Morgan fingerprint density at radius 3 is 2.48 bits per heavy atom. The predicted molar refractivity (Wildman–Crippen MR) is 68.6 cm³/mol. The molecule has 1 rings (SSSR count). The maximum absolute atomic E-state index is 12.4. The average molecular weight is 306 g/mol. The molecule has 118 valence electrons. The summed E-state index contributed by atoms with van der Waals surface area (Å²) in [7, 11) is 1.18. The molecule has 0 aromatic carbocycles. The number of carbonyl (C=O) groups excluding carboxylic acids is 2. The van der Waals surface area contributed by atoms with Crippen molar-refractivity contribution < 1.29 is 27.5 Å². The lowest BCUT2D eigenvalue weighted by Gasteiger charge is -2.20. The molecular formula is C13H17F3N2O3. The molecule has 1 amide bonds. The van der Waals surface area contributed by atoms with E-state index in [0.29, 0.717) is 0 Å². The Bertz CT molecular complexity index is 509. The molecule has 5 nitrogen and oxygen atoms in total. The number of hydrogen-bond acceptors (Lipinski definition) is 3. The number of aromatic nitrogens is 1. The first-order valence-corrected chi connectivity index (χ1v) is 6.26. The number of nitrogens with zero attached hydrogens (tertiary/aromatic N) is 1. The molecule has 0 fully saturated rings. The van der Waals surface area contributed by atoms with Gasteiger partial charge in [0.15, 0.2) is 0 Å². The number of carbonyl (C=O) groups is 2. The first kappa shape index (κ1) is 17.1. The first-order valence-electron chi connectivity index (χ1n) is 6.26. The smallest absolute Gasteiger partial charge is 0.406 e. The molecule has 21 heavy (non-hydrogen) atoms. The van der Waals surface area contributed by atoms with Gasteiger partial charge in [0.1, 0.15) is 18.3 Å². The van der Waals surface area contributed by atoms with Crippen LogP contribution in [0.1, 0.15) is 24.3 Å². The molecule has 1 atom stereocenters. The van der Waals surface area contributed by atoms with Crippen LogP contribution in [0.15, 0.2) is 18.3 Å². The second-order valence-corrected chi connectivity index (χ2v) is 4.85. The molecule has 0 aliphatic rings. The number of ether oxygens (including phenoxy) is 1. The summed E-state index contributed by atoms with van der Waals surface area (Å²) in [6.45, 7) is 2.11. The van der Waals surface area contributed by atoms with Gasteiger partial charge in [0.2, 0.25) is 0 Å². The lowest BCUT2D eigenvalue weighted by molar-refractivity contribution is -0.144. The predicted octanol–water partition coefficient (Wildman–Crippen LogP) is 1.98. The van der Waals surface area contributed by atoms with Crippen molar-refractivity contribution in [3.05, 3.63) is 24.0 Å². The summed E-state index contributed by atoms with van der Waals surface area (Å²) in [6, 6.07) is 1.68. The highest BCUT2D eigenvalue weighted by Crippen LogP contribution is 2.19. The van der Waals surface area contributed by atoms with Crippen LogP contribution >= 0.6 is 0 Å². The Hall–Kier alpha value is -1.99. The minimum absolute atomic E-state index is 0.165. The summed E-state index contributed by atoms with van der Waals surface area (Å²) in [5.74, 6) is -1.66. The molecule has 0 saturated heterocycles. The molecule has 1 N–H and O–H groups in total. The zero-order valence-electron chi connectivity index (χ0n) is 11.9. The zero-order chi connectivity index (χ0) is 16.2. The van der Waals surface area contributed by atoms with Crippen molar-refractivity contribution in [2.45, 2.75) is 32.6 Å². The van der Waals surface area contributed by atoms with Crippen molar-refractivity contribution in [3.63, 3.8) is 0 Å². The van der Waals surface area contributed by atoms with E-state index in [0.717, 1.165) is 10.8 Å². The molecule has 1 aromatic heterocycles. The number of halogens is 3. The van der Waals surface area contributed by atoms with E-state index in [1.807, 2.05) is 0 Å². The van der Waals surface area contributed by atoms with Crippen LogP contribution in [0.2, 0.25) is 0 Å². The van der Waals surface area contributed by atoms with Crippen LogP contribution < -0.4 is 5.32 Å². The van der Waals surface area contributed by atoms with E-state index in [2.05, 4.69) is 10.1 Å². The van der Waals surface area contributed by atoms with Crippen molar-refractivity contribution in [1.29, 1.82) is 0 Å². The minimum atomic E-state index is -4.44. The van der Waals surface area contributed by atoms with Gasteiger partial charge < -0.3 is 14.6 Å². The molecule has 1 unspecified atom stereocenters. The van der Waals surface area contributed by atoms with Crippen LogP contribution in [-0.2, 0) is 16.1 Å². The monoisotopic (exact) mass is 306 g/mol. The van der Waals surface area contributed by atoms with Crippen molar-refractivity contribution in [2.75, 3.05) is 7.11 Å². The largest absolute Gasteiger partial charge is 0.467 e. The van der Waals surface area contributed by atoms with Gasteiger partial charge in [0.05, 0.1) is 7.11 Å². The molecule has 0 radical (unpaired) electrons. The van der Waals surface area contributed by atoms with Crippen LogP contribution in [0.3, 0.4) is 0 Å². The standard InChI is InChI=1S/C13H17F3N2O3/c1-8(2)10(12(20)21-3)17-11(19)9-5-4-6-18(9)7-13(14,15)16/h4-6,8,10H,7H2,1-3H3,(H,17,19). The Kier molecular flexibility index (Phi) is 5.40. The zero-order valence-corrected chi connectivity index (χ0v) is 11.9. The van der Waals surface area contributed by atoms with Gasteiger partial charge in [-0.3, -0.25) is 4.79 Å². The molecule has 1 heterocycles. The summed E-state index contributed by atoms with van der Waals surface area (Å²) in [5.41, 5.74) is -0.165. The van der Waals surface area contributed by atoms with Crippen LogP contribution in [0.4, 0.5) is 13.2 Å². The highest BCUT2D eigenvalue weighted by molar-refractivity contribution is 5.95. The van der Waals surface area contributed by atoms with E-state index in [1.165, 1.54) is 19.2 Å². The lowest BCUT2D eigenvalue weighted by Crippen LogP contribution is -2.45. The number of methoxy groups -OCH3 is 1. The second kappa shape index (κ2) is 6.64. The minimum Gasteiger partial charge on any atom is -0.467 e. The fraction of sp³-hybridized carbons (Fsp3) is 0.538. The van der Waals surface area contributed by atoms with E-state index < -0.39 is 30.6 Å². The molecule has 0 aliphatic carbocycles. The number of hydrogen-bond donors (Lipinski definition) is 1. The number of esters is 1. The number of nitrogens with one attached hydrogen (secondary N) is 1. The van der Waals surface area contributed by atoms with Crippen molar-refractivity contribution >= 4 is 11.9 Å². The van der Waals surface area contributed by atoms with Gasteiger partial charge in [0.25, 0.3) is 5.91 Å². The van der Waals surface area contributed by atoms with Gasteiger partial charge in [-0.05, 0) is 18.1 Å². The maximum atomic E-state index is 12.4. The van der Waals surface area contributed by atoms with E-state index in [-0.39, 0.29) is 11.6 Å². The quantitative estimate of drug-likeness (QED) is 0.846. The normalized spacial score (nSPS) is 13.1. The van der Waals surface area contributed by atoms with Gasteiger partial charge in [-0.15, -0.1) is 0 Å². The summed E-state index contributed by atoms with van der Waals surface area (Å²) in [6.07, 6.45) is -3.28. The van der Waals surface area contributed by atoms with Crippen LogP contribution in [0.25, 0.3) is 0 Å². The third kappa shape index (κ3) is 4.80. The number of amides is 1. The Morgan fingerprint density at radius 2 is 2.00 bits per heavy atom. The van der Waals surface area contributed by atoms with E-state index in [4.69, 9.17) is 0 Å². The SMILES string of the molecule is COC(=O)C(NC(=O)c1cccn1CC(F)(F)F)C(C)C. The van der Waals surface area contributed by atoms with Gasteiger partial charge in [-0.2, -0.15) is 13.2 Å². The molecule has 0 saturated carbocycles. The van der Waals surface area contributed by atoms with Gasteiger partial charge in [-0.25, -0.2) is 4.79 Å². The third-order valence-electron chi connectivity index (χ3n) is 2.82. The van der Waals surface area contributed by atoms with Crippen molar-refractivity contribution in [1.82, 2.24) is 9.88 Å². The number of rotatable bonds is 5. The Morgan fingerprint density at radius 1 is 1.38 bits per heavy atom. The molecule has 0 bridgehead atoms. The summed E-state index contributed by atoms with van der Waals surface area (Å²) in [5, 5.41) is 2.39. The van der Waals surface area contributed by atoms with Crippen molar-refractivity contribution in [2.24, 2.45) is 5.92 Å². The second-order valence-electron chi connectivity index (χ2n) is 4.85. The summed E-state index contributed by atoms with van der Waals surface area (Å²) in [4.78, 5) is 23.6. The van der Waals surface area contributed by atoms with Gasteiger partial charge in [0, 0.05) is 6.20 Å². The first-order chi connectivity index (χ1) is 9.65. The Balaban J connectivity index is 2.89. The number of alkyl halides is 3. The molecule has 1 aromatic rings. The highest BCUT2D eigenvalue weighted by atomic mass is 19.4. The maximum Gasteiger partial charge on any atom is 0.406 e. The fourth-order valence-electron chi connectivity index (χ4n) is 1.79. The van der Waals surface area contributed by atoms with E-state index in [9.17, 15) is 22.8 Å². The summed E-state index contributed by atoms with van der Waals surface area (Å²) >= 11 is 0. The van der Waals surface area contributed by atoms with E-state index in [1.54, 1.807) is 13.8 Å². The lowest BCUT2D eigenvalue weighted by atomic mass is 10.0. The molecular weight excluding hydrogens is 289 g/mol. The summed E-state index contributed by atoms with van der Waals surface area (Å²) < 4.78 is 42.6. The Labute approximate surface area is 120 Å². The third-order valence-corrected chi connectivity index (χ3v) is 2.82. The van der Waals surface area contributed by atoms with Crippen LogP contribution in [0, 0.1) is 5.92 Å². The van der Waals surface area contributed by atoms with Gasteiger partial charge >= 0.3 is 12.1 Å². The molecule has 0 spiro atoms. The molecule has 8 heteroatoms. The highest BCUT2D eigenvalue weighted by Gasteiger charge is 2.31. The fourth-order valence-corrected chi connectivity index (χ4v) is 1.79. The van der Waals surface area contributed by atoms with Crippen LogP contribution in [0.5, 0.6) is 0 Å². The van der Waals surface area contributed by atoms with Crippen molar-refractivity contribution in [3.8, 4) is 0 Å². The topological polar surface area (TPSA) is 60.3 Å². The molecule has 0 aliphatic heterocycles. The van der Waals surface area contributed by atoms with Crippen LogP contribution in [-0.4, -0.2) is 35.8 Å². The average Bonchev–Trinajstić information content (AvgIpc) is 2.80. The van der Waals surface area contributed by atoms with E-state index >= 15 is 0 Å². The van der Waals surface area contributed by atoms with Gasteiger partial charge in [-0.1, -0.05) is 13.8 Å².